The van der Waals surface area contributed by atoms with Gasteiger partial charge in [-0.1, -0.05) is 55.6 Å². The first-order valence-electron chi connectivity index (χ1n) is 7.45. The molecule has 27 heavy (non-hydrogen) atoms. The highest BCUT2D eigenvalue weighted by atomic mass is 35.5. The van der Waals surface area contributed by atoms with E-state index in [0.717, 1.165) is 10.1 Å². The van der Waals surface area contributed by atoms with Crippen LogP contribution in [0.4, 0.5) is 18.9 Å². The highest BCUT2D eigenvalue weighted by Crippen LogP contribution is 2.45. The predicted octanol–water partition coefficient (Wildman–Crippen LogP) is 4.88. The van der Waals surface area contributed by atoms with Crippen LogP contribution in [0.15, 0.2) is 23.4 Å². The van der Waals surface area contributed by atoms with Gasteiger partial charge in [-0.2, -0.15) is 18.4 Å². The molecule has 1 atom stereocenters. The molecule has 1 heterocycles. The van der Waals surface area contributed by atoms with Crippen LogP contribution in [0.3, 0.4) is 0 Å². The summed E-state index contributed by atoms with van der Waals surface area (Å²) in [5, 5.41) is 10.4. The predicted molar refractivity (Wildman–Crippen MR) is 96.7 cm³/mol. The number of alkyl halides is 4. The Hall–Kier alpha value is -1.50. The average molecular weight is 442 g/mol. The molecule has 1 aliphatic rings. The molecule has 0 aliphatic carbocycles. The number of nitriles is 1. The van der Waals surface area contributed by atoms with E-state index in [0.29, 0.717) is 12.1 Å². The highest BCUT2D eigenvalue weighted by Gasteiger charge is 2.45. The van der Waals surface area contributed by atoms with Gasteiger partial charge in [-0.3, -0.25) is 9.80 Å². The fourth-order valence-electron chi connectivity index (χ4n) is 2.41. The topological polar surface area (TPSA) is 73.4 Å². The number of carbonyl (C=O) groups is 1. The number of halogens is 6. The Morgan fingerprint density at radius 3 is 2.07 bits per heavy atom. The number of allylic oxidation sites excluding steroid dienone is 1. The highest BCUT2D eigenvalue weighted by molar-refractivity contribution is 6.39. The summed E-state index contributed by atoms with van der Waals surface area (Å²) in [7, 11) is 0. The summed E-state index contributed by atoms with van der Waals surface area (Å²) < 4.78 is 38.9. The summed E-state index contributed by atoms with van der Waals surface area (Å²) >= 11 is 18.2. The lowest BCUT2D eigenvalue weighted by atomic mass is 9.87. The van der Waals surface area contributed by atoms with Gasteiger partial charge in [-0.15, -0.1) is 5.12 Å². The molecule has 0 fully saturated rings. The number of benzene rings is 1. The first-order chi connectivity index (χ1) is 12.2. The Morgan fingerprint density at radius 1 is 1.22 bits per heavy atom. The zero-order chi connectivity index (χ0) is 20.9. The maximum absolute atomic E-state index is 13.0. The van der Waals surface area contributed by atoms with Gasteiger partial charge >= 0.3 is 6.18 Å². The summed E-state index contributed by atoms with van der Waals surface area (Å²) in [4.78, 5) is 12.9. The van der Waals surface area contributed by atoms with E-state index in [-0.39, 0.29) is 17.0 Å². The summed E-state index contributed by atoms with van der Waals surface area (Å²) in [6, 6.07) is 3.13. The van der Waals surface area contributed by atoms with Gasteiger partial charge in [0.15, 0.2) is 11.3 Å². The van der Waals surface area contributed by atoms with Crippen molar-refractivity contribution in [2.75, 3.05) is 5.01 Å². The molecule has 0 saturated heterocycles. The Balaban J connectivity index is 2.75. The third kappa shape index (κ3) is 3.89. The number of hydrogen-bond donors (Lipinski definition) is 1. The van der Waals surface area contributed by atoms with Gasteiger partial charge in [0.2, 0.25) is 0 Å². The van der Waals surface area contributed by atoms with Crippen LogP contribution < -0.4 is 10.9 Å². The first kappa shape index (κ1) is 21.8. The van der Waals surface area contributed by atoms with Gasteiger partial charge < -0.3 is 0 Å². The number of Topliss-reactive ketones (excluding diaryl/α,β-unsaturated/α-hetero) is 1. The number of nitrogens with two attached hydrogens (primary N) is 1. The minimum Gasteiger partial charge on any atom is -0.292 e. The van der Waals surface area contributed by atoms with Crippen molar-refractivity contribution in [2.45, 2.75) is 32.4 Å². The molecule has 0 radical (unpaired) electrons. The van der Waals surface area contributed by atoms with Crippen LogP contribution in [0, 0.1) is 16.7 Å². The molecule has 0 saturated carbocycles. The minimum absolute atomic E-state index is 0.161. The Morgan fingerprint density at radius 2 is 1.70 bits per heavy atom. The molecule has 2 N–H and O–H groups in total. The Bertz CT molecular complexity index is 848. The second-order valence-electron chi connectivity index (χ2n) is 6.77. The smallest absolute Gasteiger partial charge is 0.292 e. The van der Waals surface area contributed by atoms with Gasteiger partial charge in [-0.25, -0.2) is 5.84 Å². The van der Waals surface area contributed by atoms with Crippen LogP contribution >= 0.6 is 34.8 Å². The first-order valence-corrected chi connectivity index (χ1v) is 8.64. The molecule has 1 aliphatic heterocycles. The van der Waals surface area contributed by atoms with Crippen LogP contribution in [-0.4, -0.2) is 16.4 Å². The summed E-state index contributed by atoms with van der Waals surface area (Å²) in [6.45, 7) is 4.82. The SMILES string of the molecule is CC(C)(C)C(=O)C1=C(C#N)C(Cl)N(N)N1c1c(Cl)cc(C(F)(F)F)cc1Cl. The van der Waals surface area contributed by atoms with E-state index < -0.39 is 38.5 Å². The monoisotopic (exact) mass is 440 g/mol. The molecule has 0 aromatic heterocycles. The fourth-order valence-corrected chi connectivity index (χ4v) is 3.30. The molecule has 0 bridgehead atoms. The van der Waals surface area contributed by atoms with E-state index in [4.69, 9.17) is 40.6 Å². The van der Waals surface area contributed by atoms with Crippen molar-refractivity contribution >= 4 is 46.3 Å². The number of carbonyl (C=O) groups excluding carboxylic acids is 1. The lowest BCUT2D eigenvalue weighted by Crippen LogP contribution is -2.48. The van der Waals surface area contributed by atoms with E-state index in [2.05, 4.69) is 0 Å². The standard InChI is InChI=1S/C16H14Cl3F3N4O/c1-15(2,3)13(27)11-8(6-23)14(19)26(24)25(11)12-9(17)4-7(5-10(12)18)16(20,21)22/h4-5,14H,24H2,1-3H3. The van der Waals surface area contributed by atoms with Gasteiger partial charge in [-0.05, 0) is 12.1 Å². The lowest BCUT2D eigenvalue weighted by molar-refractivity contribution is -0.137. The number of anilines is 1. The molecule has 5 nitrogen and oxygen atoms in total. The quantitative estimate of drug-likeness (QED) is 0.402. The van der Waals surface area contributed by atoms with Crippen LogP contribution in [0.2, 0.25) is 10.0 Å². The van der Waals surface area contributed by atoms with Crippen molar-refractivity contribution in [3.63, 3.8) is 0 Å². The van der Waals surface area contributed by atoms with Crippen molar-refractivity contribution in [2.24, 2.45) is 11.3 Å². The van der Waals surface area contributed by atoms with Crippen LogP contribution in [-0.2, 0) is 11.0 Å². The molecule has 146 valence electrons. The molecular weight excluding hydrogens is 428 g/mol. The van der Waals surface area contributed by atoms with Crippen molar-refractivity contribution in [3.05, 3.63) is 39.0 Å². The van der Waals surface area contributed by atoms with Crippen LogP contribution in [0.25, 0.3) is 0 Å². The van der Waals surface area contributed by atoms with E-state index in [1.54, 1.807) is 20.8 Å². The van der Waals surface area contributed by atoms with Crippen molar-refractivity contribution in [1.29, 1.82) is 5.26 Å². The summed E-state index contributed by atoms with van der Waals surface area (Å²) in [6.07, 6.45) is -4.67. The van der Waals surface area contributed by atoms with Crippen molar-refractivity contribution in [3.8, 4) is 6.07 Å². The number of ketones is 1. The third-order valence-corrected chi connectivity index (χ3v) is 4.74. The maximum atomic E-state index is 13.0. The Kier molecular flexibility index (Phi) is 5.77. The number of nitrogens with zero attached hydrogens (tertiary/aromatic N) is 3. The van der Waals surface area contributed by atoms with E-state index in [1.165, 1.54) is 0 Å². The van der Waals surface area contributed by atoms with Gasteiger partial charge in [0.25, 0.3) is 0 Å². The maximum Gasteiger partial charge on any atom is 0.416 e. The molecule has 0 amide bonds. The largest absolute Gasteiger partial charge is 0.416 e. The van der Waals surface area contributed by atoms with Gasteiger partial charge in [0, 0.05) is 5.41 Å². The van der Waals surface area contributed by atoms with E-state index in [9.17, 15) is 23.2 Å². The lowest BCUT2D eigenvalue weighted by Gasteiger charge is -2.32. The number of rotatable bonds is 2. The molecule has 2 rings (SSSR count). The fraction of sp³-hybridized carbons (Fsp3) is 0.375. The number of hydrogen-bond acceptors (Lipinski definition) is 5. The van der Waals surface area contributed by atoms with Crippen LogP contribution in [0.1, 0.15) is 26.3 Å². The molecule has 1 aromatic rings. The summed E-state index contributed by atoms with van der Waals surface area (Å²) in [5.74, 6) is 5.39. The second-order valence-corrected chi connectivity index (χ2v) is 7.99. The molecular formula is C16H14Cl3F3N4O. The molecule has 0 spiro atoms. The van der Waals surface area contributed by atoms with Crippen LogP contribution in [0.5, 0.6) is 0 Å². The average Bonchev–Trinajstić information content (AvgIpc) is 2.76. The van der Waals surface area contributed by atoms with Gasteiger partial charge in [0.05, 0.1) is 26.9 Å². The molecule has 1 unspecified atom stereocenters. The van der Waals surface area contributed by atoms with Crippen molar-refractivity contribution in [1.82, 2.24) is 5.12 Å². The zero-order valence-electron chi connectivity index (χ0n) is 14.3. The molecule has 11 heteroatoms. The zero-order valence-corrected chi connectivity index (χ0v) is 16.6. The number of hydrazine groups is 2. The Labute approximate surface area is 168 Å². The van der Waals surface area contributed by atoms with E-state index >= 15 is 0 Å². The normalized spacial score (nSPS) is 18.9. The second kappa shape index (κ2) is 7.15. The van der Waals surface area contributed by atoms with Crippen molar-refractivity contribution < 1.29 is 18.0 Å². The van der Waals surface area contributed by atoms with E-state index in [1.807, 2.05) is 6.07 Å². The third-order valence-electron chi connectivity index (χ3n) is 3.74. The molecule has 1 aromatic carbocycles. The van der Waals surface area contributed by atoms with Gasteiger partial charge in [0.1, 0.15) is 11.8 Å². The minimum atomic E-state index is -4.67. The summed E-state index contributed by atoms with van der Waals surface area (Å²) in [5.41, 5.74) is -3.78.